The first-order valence-electron chi connectivity index (χ1n) is 10.5. The number of benzene rings is 3. The number of hydrogen-bond acceptors (Lipinski definition) is 12. The maximum atomic E-state index is 13.0. The van der Waals surface area contributed by atoms with E-state index in [9.17, 15) is 49.4 Å². The minimum Gasteiger partial charge on any atom is -0.504 e. The van der Waals surface area contributed by atoms with Crippen LogP contribution in [0.15, 0.2) is 48.5 Å². The summed E-state index contributed by atoms with van der Waals surface area (Å²) in [6, 6.07) is 7.65. The minimum absolute atomic E-state index is 0.00846. The van der Waals surface area contributed by atoms with Gasteiger partial charge in [0.1, 0.15) is 18.2 Å². The van der Waals surface area contributed by atoms with Crippen LogP contribution in [-0.2, 0) is 9.47 Å². The highest BCUT2D eigenvalue weighted by atomic mass is 19.1. The van der Waals surface area contributed by atoms with Gasteiger partial charge in [-0.1, -0.05) is 0 Å². The lowest BCUT2D eigenvalue weighted by molar-refractivity contribution is 0.0000656. The van der Waals surface area contributed by atoms with Crippen molar-refractivity contribution in [3.05, 3.63) is 65.5 Å². The number of aromatic hydroxyl groups is 6. The van der Waals surface area contributed by atoms with Crippen molar-refractivity contribution in [3.63, 3.8) is 0 Å². The van der Waals surface area contributed by atoms with Gasteiger partial charge in [0, 0.05) is 0 Å². The monoisotopic (exact) mass is 533 g/mol. The third-order valence-corrected chi connectivity index (χ3v) is 4.78. The Balaban J connectivity index is 1.71. The number of nitrogens with one attached hydrogen (secondary N) is 1. The lowest BCUT2D eigenvalue weighted by atomic mass is 10.2. The molecule has 0 heterocycles. The molecule has 14 heteroatoms. The fourth-order valence-electron chi connectivity index (χ4n) is 2.89. The molecule has 0 saturated heterocycles. The van der Waals surface area contributed by atoms with Crippen molar-refractivity contribution in [2.75, 3.05) is 13.2 Å². The standard InChI is InChI=1S/C24H20FNO12/c25-13-1-3-14(4-2-13)38-24(35)26-9-15(37-23(34)12-7-18(29)21(32)19(30)8-12)10-36-22(33)11-5-16(27)20(31)17(28)6-11/h1-8,15,27-32H,9-10H2,(H,26,35). The van der Waals surface area contributed by atoms with E-state index in [1.54, 1.807) is 0 Å². The summed E-state index contributed by atoms with van der Waals surface area (Å²) in [5, 5.41) is 59.5. The molecule has 200 valence electrons. The molecular weight excluding hydrogens is 513 g/mol. The molecule has 3 aromatic carbocycles. The van der Waals surface area contributed by atoms with E-state index in [0.717, 1.165) is 36.4 Å². The summed E-state index contributed by atoms with van der Waals surface area (Å²) in [4.78, 5) is 37.0. The molecule has 3 aromatic rings. The second kappa shape index (κ2) is 11.6. The van der Waals surface area contributed by atoms with Crippen LogP contribution in [0.25, 0.3) is 0 Å². The second-order valence-corrected chi connectivity index (χ2v) is 7.58. The summed E-state index contributed by atoms with van der Waals surface area (Å²) in [5.41, 5.74) is -0.781. The van der Waals surface area contributed by atoms with E-state index >= 15 is 0 Å². The van der Waals surface area contributed by atoms with E-state index in [4.69, 9.17) is 14.2 Å². The first-order chi connectivity index (χ1) is 17.9. The minimum atomic E-state index is -1.40. The first kappa shape index (κ1) is 27.2. The van der Waals surface area contributed by atoms with Crippen LogP contribution in [0, 0.1) is 5.82 Å². The summed E-state index contributed by atoms with van der Waals surface area (Å²) in [7, 11) is 0. The number of ether oxygens (including phenoxy) is 3. The summed E-state index contributed by atoms with van der Waals surface area (Å²) >= 11 is 0. The van der Waals surface area contributed by atoms with E-state index in [1.165, 1.54) is 12.1 Å². The summed E-state index contributed by atoms with van der Waals surface area (Å²) in [5.74, 6) is -7.86. The number of hydrogen-bond donors (Lipinski definition) is 7. The zero-order valence-electron chi connectivity index (χ0n) is 19.1. The van der Waals surface area contributed by atoms with Gasteiger partial charge in [0.2, 0.25) is 0 Å². The highest BCUT2D eigenvalue weighted by Gasteiger charge is 2.23. The van der Waals surface area contributed by atoms with Crippen LogP contribution in [0.2, 0.25) is 0 Å². The van der Waals surface area contributed by atoms with Crippen LogP contribution >= 0.6 is 0 Å². The summed E-state index contributed by atoms with van der Waals surface area (Å²) < 4.78 is 28.2. The first-order valence-corrected chi connectivity index (χ1v) is 10.5. The second-order valence-electron chi connectivity index (χ2n) is 7.58. The topological polar surface area (TPSA) is 212 Å². The summed E-state index contributed by atoms with van der Waals surface area (Å²) in [6.45, 7) is -1.19. The third kappa shape index (κ3) is 6.84. The number of carbonyl (C=O) groups excluding carboxylic acids is 3. The zero-order chi connectivity index (χ0) is 28.0. The van der Waals surface area contributed by atoms with Crippen molar-refractivity contribution in [2.45, 2.75) is 6.10 Å². The number of rotatable bonds is 8. The normalized spacial score (nSPS) is 11.3. The van der Waals surface area contributed by atoms with Crippen LogP contribution < -0.4 is 10.1 Å². The van der Waals surface area contributed by atoms with E-state index in [2.05, 4.69) is 5.32 Å². The van der Waals surface area contributed by atoms with Gasteiger partial charge in [-0.05, 0) is 48.5 Å². The Labute approximate surface area is 212 Å². The maximum Gasteiger partial charge on any atom is 0.412 e. The average molecular weight is 533 g/mol. The molecule has 0 radical (unpaired) electrons. The molecule has 1 atom stereocenters. The molecule has 1 amide bonds. The van der Waals surface area contributed by atoms with Crippen molar-refractivity contribution in [3.8, 4) is 40.2 Å². The fourth-order valence-corrected chi connectivity index (χ4v) is 2.89. The predicted molar refractivity (Wildman–Crippen MR) is 123 cm³/mol. The Morgan fingerprint density at radius 3 is 1.74 bits per heavy atom. The lowest BCUT2D eigenvalue weighted by Gasteiger charge is -2.19. The van der Waals surface area contributed by atoms with Gasteiger partial charge in [-0.3, -0.25) is 0 Å². The molecule has 0 aliphatic carbocycles. The fraction of sp³-hybridized carbons (Fsp3) is 0.125. The van der Waals surface area contributed by atoms with Crippen LogP contribution in [0.1, 0.15) is 20.7 Å². The Bertz CT molecular complexity index is 1310. The van der Waals surface area contributed by atoms with Crippen molar-refractivity contribution in [1.82, 2.24) is 5.32 Å². The van der Waals surface area contributed by atoms with Gasteiger partial charge in [-0.15, -0.1) is 0 Å². The largest absolute Gasteiger partial charge is 0.504 e. The van der Waals surface area contributed by atoms with E-state index in [0.29, 0.717) is 0 Å². The van der Waals surface area contributed by atoms with Crippen molar-refractivity contribution >= 4 is 18.0 Å². The Morgan fingerprint density at radius 1 is 0.763 bits per heavy atom. The molecule has 0 saturated carbocycles. The van der Waals surface area contributed by atoms with Gasteiger partial charge in [0.05, 0.1) is 17.7 Å². The molecule has 0 bridgehead atoms. The number of esters is 2. The number of carbonyl (C=O) groups is 3. The van der Waals surface area contributed by atoms with Crippen molar-refractivity contribution in [2.24, 2.45) is 0 Å². The number of phenols is 6. The number of phenolic OH excluding ortho intramolecular Hbond substituents is 6. The zero-order valence-corrected chi connectivity index (χ0v) is 19.1. The van der Waals surface area contributed by atoms with Gasteiger partial charge >= 0.3 is 18.0 Å². The molecule has 0 spiro atoms. The predicted octanol–water partition coefficient (Wildman–Crippen LogP) is 2.23. The molecule has 0 aliphatic heterocycles. The Kier molecular flexibility index (Phi) is 8.27. The quantitative estimate of drug-likeness (QED) is 0.164. The average Bonchev–Trinajstić information content (AvgIpc) is 2.87. The van der Waals surface area contributed by atoms with Gasteiger partial charge < -0.3 is 50.2 Å². The molecule has 3 rings (SSSR count). The van der Waals surface area contributed by atoms with Crippen LogP contribution in [0.4, 0.5) is 9.18 Å². The SMILES string of the molecule is O=C(NCC(COC(=O)c1cc(O)c(O)c(O)c1)OC(=O)c1cc(O)c(O)c(O)c1)Oc1ccc(F)cc1. The van der Waals surface area contributed by atoms with E-state index < -0.39 is 83.2 Å². The lowest BCUT2D eigenvalue weighted by Crippen LogP contribution is -2.39. The van der Waals surface area contributed by atoms with Crippen LogP contribution in [0.3, 0.4) is 0 Å². The molecule has 13 nitrogen and oxygen atoms in total. The molecule has 0 fully saturated rings. The summed E-state index contributed by atoms with van der Waals surface area (Å²) in [6.07, 6.45) is -2.44. The van der Waals surface area contributed by atoms with Crippen molar-refractivity contribution < 1.29 is 63.6 Å². The van der Waals surface area contributed by atoms with Gasteiger partial charge in [0.15, 0.2) is 40.6 Å². The molecule has 0 aliphatic rings. The van der Waals surface area contributed by atoms with E-state index in [-0.39, 0.29) is 11.3 Å². The molecule has 1 unspecified atom stereocenters. The Morgan fingerprint density at radius 2 is 1.24 bits per heavy atom. The highest BCUT2D eigenvalue weighted by Crippen LogP contribution is 2.36. The van der Waals surface area contributed by atoms with Gasteiger partial charge in [-0.2, -0.15) is 0 Å². The maximum absolute atomic E-state index is 13.0. The number of amides is 1. The molecular formula is C24H20FNO12. The van der Waals surface area contributed by atoms with Crippen molar-refractivity contribution in [1.29, 1.82) is 0 Å². The van der Waals surface area contributed by atoms with Crippen LogP contribution in [-0.4, -0.2) is 67.9 Å². The molecule has 38 heavy (non-hydrogen) atoms. The van der Waals surface area contributed by atoms with E-state index in [1.807, 2.05) is 0 Å². The third-order valence-electron chi connectivity index (χ3n) is 4.78. The smallest absolute Gasteiger partial charge is 0.412 e. The highest BCUT2D eigenvalue weighted by molar-refractivity contribution is 5.92. The number of halogens is 1. The van der Waals surface area contributed by atoms with Crippen LogP contribution in [0.5, 0.6) is 40.2 Å². The Hall–Kier alpha value is -5.40. The van der Waals surface area contributed by atoms with Gasteiger partial charge in [0.25, 0.3) is 0 Å². The molecule has 7 N–H and O–H groups in total. The molecule has 0 aromatic heterocycles. The van der Waals surface area contributed by atoms with Gasteiger partial charge in [-0.25, -0.2) is 18.8 Å².